The molecule has 0 bridgehead atoms. The topological polar surface area (TPSA) is 39.8 Å². The normalized spacial score (nSPS) is 10.7. The van der Waals surface area contributed by atoms with Crippen molar-refractivity contribution in [2.45, 2.75) is 6.54 Å². The molecule has 0 fully saturated rings. The van der Waals surface area contributed by atoms with Gasteiger partial charge in [-0.2, -0.15) is 4.98 Å². The van der Waals surface area contributed by atoms with E-state index in [2.05, 4.69) is 4.98 Å². The molecule has 0 aliphatic heterocycles. The van der Waals surface area contributed by atoms with E-state index in [1.54, 1.807) is 7.05 Å². The van der Waals surface area contributed by atoms with E-state index in [4.69, 9.17) is 0 Å². The van der Waals surface area contributed by atoms with Crippen molar-refractivity contribution in [3.63, 3.8) is 0 Å². The fourth-order valence-electron chi connectivity index (χ4n) is 1.39. The number of aromatic nitrogens is 3. The highest BCUT2D eigenvalue weighted by atomic mass is 19.1. The Labute approximate surface area is 89.7 Å². The van der Waals surface area contributed by atoms with Crippen LogP contribution in [-0.4, -0.2) is 14.3 Å². The van der Waals surface area contributed by atoms with Crippen molar-refractivity contribution in [3.05, 3.63) is 52.2 Å². The summed E-state index contributed by atoms with van der Waals surface area (Å²) in [6, 6.07) is 3.25. The third kappa shape index (κ3) is 1.86. The molecule has 0 saturated heterocycles. The van der Waals surface area contributed by atoms with E-state index < -0.39 is 17.3 Å². The van der Waals surface area contributed by atoms with Gasteiger partial charge in [0.05, 0.1) is 6.54 Å². The van der Waals surface area contributed by atoms with Crippen molar-refractivity contribution in [1.82, 2.24) is 14.3 Å². The summed E-state index contributed by atoms with van der Waals surface area (Å²) in [4.78, 5) is 14.8. The molecule has 16 heavy (non-hydrogen) atoms. The van der Waals surface area contributed by atoms with Gasteiger partial charge in [0, 0.05) is 18.7 Å². The number of rotatable bonds is 2. The first-order valence-electron chi connectivity index (χ1n) is 4.60. The number of aryl methyl sites for hydroxylation is 1. The monoisotopic (exact) mass is 225 g/mol. The van der Waals surface area contributed by atoms with E-state index in [1.165, 1.54) is 21.8 Å². The largest absolute Gasteiger partial charge is 0.364 e. The van der Waals surface area contributed by atoms with Crippen LogP contribution in [-0.2, 0) is 13.6 Å². The summed E-state index contributed by atoms with van der Waals surface area (Å²) in [5, 5.41) is 0. The Morgan fingerprint density at radius 1 is 1.38 bits per heavy atom. The molecule has 4 nitrogen and oxygen atoms in total. The second kappa shape index (κ2) is 3.88. The second-order valence-electron chi connectivity index (χ2n) is 3.39. The molecular weight excluding hydrogens is 216 g/mol. The van der Waals surface area contributed by atoms with Crippen LogP contribution >= 0.6 is 0 Å². The van der Waals surface area contributed by atoms with Crippen LogP contribution in [0.5, 0.6) is 0 Å². The van der Waals surface area contributed by atoms with Gasteiger partial charge in [0.1, 0.15) is 18.0 Å². The Kier molecular flexibility index (Phi) is 2.55. The lowest BCUT2D eigenvalue weighted by atomic mass is 10.2. The van der Waals surface area contributed by atoms with Crippen molar-refractivity contribution < 1.29 is 8.78 Å². The third-order valence-electron chi connectivity index (χ3n) is 2.27. The van der Waals surface area contributed by atoms with Crippen LogP contribution in [0.4, 0.5) is 8.78 Å². The molecule has 0 aliphatic rings. The highest BCUT2D eigenvalue weighted by Gasteiger charge is 2.07. The first-order valence-corrected chi connectivity index (χ1v) is 4.60. The van der Waals surface area contributed by atoms with Gasteiger partial charge < -0.3 is 0 Å². The van der Waals surface area contributed by atoms with Crippen LogP contribution in [0.1, 0.15) is 5.56 Å². The third-order valence-corrected chi connectivity index (χ3v) is 2.27. The molecule has 0 spiro atoms. The van der Waals surface area contributed by atoms with E-state index in [0.29, 0.717) is 0 Å². The maximum atomic E-state index is 13.3. The zero-order valence-corrected chi connectivity index (χ0v) is 8.52. The minimum Gasteiger partial charge on any atom is -0.273 e. The molecule has 1 aromatic carbocycles. The molecule has 2 rings (SSSR count). The highest BCUT2D eigenvalue weighted by Crippen LogP contribution is 2.10. The van der Waals surface area contributed by atoms with Gasteiger partial charge in [-0.05, 0) is 6.07 Å². The smallest absolute Gasteiger partial charge is 0.273 e. The maximum Gasteiger partial charge on any atom is 0.364 e. The maximum absolute atomic E-state index is 13.3. The number of halogens is 2. The molecule has 0 atom stereocenters. The van der Waals surface area contributed by atoms with Crippen molar-refractivity contribution in [1.29, 1.82) is 0 Å². The van der Waals surface area contributed by atoms with Gasteiger partial charge in [-0.25, -0.2) is 18.3 Å². The molecule has 6 heteroatoms. The molecule has 0 amide bonds. The van der Waals surface area contributed by atoms with Gasteiger partial charge >= 0.3 is 5.69 Å². The van der Waals surface area contributed by atoms with E-state index >= 15 is 0 Å². The average molecular weight is 225 g/mol. The van der Waals surface area contributed by atoms with Gasteiger partial charge in [-0.3, -0.25) is 4.68 Å². The quantitative estimate of drug-likeness (QED) is 0.762. The SMILES string of the molecule is Cn1cnc(=O)n1Cc1ccc(F)cc1F. The van der Waals surface area contributed by atoms with Gasteiger partial charge in [-0.15, -0.1) is 0 Å². The van der Waals surface area contributed by atoms with Crippen molar-refractivity contribution in [2.75, 3.05) is 0 Å². The average Bonchev–Trinajstić information content (AvgIpc) is 2.53. The molecule has 0 saturated carbocycles. The summed E-state index contributed by atoms with van der Waals surface area (Å²) in [7, 11) is 1.62. The van der Waals surface area contributed by atoms with Crippen LogP contribution in [0.3, 0.4) is 0 Å². The van der Waals surface area contributed by atoms with Crippen LogP contribution in [0, 0.1) is 11.6 Å². The minimum absolute atomic E-state index is 0.0292. The van der Waals surface area contributed by atoms with Gasteiger partial charge in [-0.1, -0.05) is 6.07 Å². The lowest BCUT2D eigenvalue weighted by molar-refractivity contribution is 0.509. The fourth-order valence-corrected chi connectivity index (χ4v) is 1.39. The molecule has 0 unspecified atom stereocenters. The number of benzene rings is 1. The number of nitrogens with zero attached hydrogens (tertiary/aromatic N) is 3. The highest BCUT2D eigenvalue weighted by molar-refractivity contribution is 5.18. The Balaban J connectivity index is 2.38. The number of hydrogen-bond donors (Lipinski definition) is 0. The summed E-state index contributed by atoms with van der Waals surface area (Å²) in [6.07, 6.45) is 1.34. The first kappa shape index (κ1) is 10.5. The van der Waals surface area contributed by atoms with Gasteiger partial charge in [0.2, 0.25) is 0 Å². The van der Waals surface area contributed by atoms with Gasteiger partial charge in [0.15, 0.2) is 0 Å². The first-order chi connectivity index (χ1) is 7.58. The van der Waals surface area contributed by atoms with E-state index in [1.807, 2.05) is 0 Å². The predicted molar refractivity (Wildman–Crippen MR) is 52.9 cm³/mol. The summed E-state index contributed by atoms with van der Waals surface area (Å²) in [6.45, 7) is 0.0292. The van der Waals surface area contributed by atoms with E-state index in [0.717, 1.165) is 12.1 Å². The van der Waals surface area contributed by atoms with Crippen molar-refractivity contribution >= 4 is 0 Å². The molecule has 1 heterocycles. The molecule has 84 valence electrons. The Hall–Kier alpha value is -1.98. The van der Waals surface area contributed by atoms with Crippen LogP contribution in [0.2, 0.25) is 0 Å². The summed E-state index contributed by atoms with van der Waals surface area (Å²) in [5.74, 6) is -1.31. The molecular formula is C10H9F2N3O. The van der Waals surface area contributed by atoms with Gasteiger partial charge in [0.25, 0.3) is 0 Å². The molecule has 0 N–H and O–H groups in total. The second-order valence-corrected chi connectivity index (χ2v) is 3.39. The van der Waals surface area contributed by atoms with Crippen LogP contribution < -0.4 is 5.69 Å². The number of hydrogen-bond acceptors (Lipinski definition) is 2. The van der Waals surface area contributed by atoms with Crippen molar-refractivity contribution in [3.8, 4) is 0 Å². The molecule has 0 radical (unpaired) electrons. The predicted octanol–water partition coefficient (Wildman–Crippen LogP) is 0.908. The summed E-state index contributed by atoms with van der Waals surface area (Å²) in [5.41, 5.74) is -0.224. The fraction of sp³-hybridized carbons (Fsp3) is 0.200. The zero-order valence-electron chi connectivity index (χ0n) is 8.52. The lowest BCUT2D eigenvalue weighted by Gasteiger charge is -2.06. The molecule has 0 aliphatic carbocycles. The Morgan fingerprint density at radius 2 is 2.12 bits per heavy atom. The standard InChI is InChI=1S/C10H9F2N3O/c1-14-6-13-10(16)15(14)5-7-2-3-8(11)4-9(7)12/h2-4,6H,5H2,1H3. The summed E-state index contributed by atoms with van der Waals surface area (Å²) < 4.78 is 28.7. The van der Waals surface area contributed by atoms with Crippen LogP contribution in [0.15, 0.2) is 29.3 Å². The van der Waals surface area contributed by atoms with E-state index in [9.17, 15) is 13.6 Å². The van der Waals surface area contributed by atoms with Crippen LogP contribution in [0.25, 0.3) is 0 Å². The lowest BCUT2D eigenvalue weighted by Crippen LogP contribution is -2.23. The molecule has 1 aromatic heterocycles. The Morgan fingerprint density at radius 3 is 2.69 bits per heavy atom. The Bertz CT molecular complexity index is 574. The van der Waals surface area contributed by atoms with E-state index in [-0.39, 0.29) is 12.1 Å². The minimum atomic E-state index is -0.673. The zero-order chi connectivity index (χ0) is 11.7. The molecule has 2 aromatic rings. The summed E-state index contributed by atoms with van der Waals surface area (Å²) >= 11 is 0. The van der Waals surface area contributed by atoms with Crippen molar-refractivity contribution in [2.24, 2.45) is 7.05 Å².